The van der Waals surface area contributed by atoms with Crippen molar-refractivity contribution in [3.8, 4) is 11.5 Å². The lowest BCUT2D eigenvalue weighted by atomic mass is 9.90. The van der Waals surface area contributed by atoms with Crippen LogP contribution >= 0.6 is 0 Å². The van der Waals surface area contributed by atoms with Crippen molar-refractivity contribution in [2.45, 2.75) is 32.0 Å². The van der Waals surface area contributed by atoms with Gasteiger partial charge in [0.15, 0.2) is 11.5 Å². The fourth-order valence-electron chi connectivity index (χ4n) is 2.19. The molecule has 0 aliphatic carbocycles. The van der Waals surface area contributed by atoms with Crippen LogP contribution < -0.4 is 14.8 Å². The predicted octanol–water partition coefficient (Wildman–Crippen LogP) is 3.23. The minimum absolute atomic E-state index is 0.121. The average molecular weight is 289 g/mol. The molecule has 1 aromatic carbocycles. The molecule has 2 rings (SSSR count). The highest BCUT2D eigenvalue weighted by molar-refractivity contribution is 5.45. The van der Waals surface area contributed by atoms with Crippen molar-refractivity contribution >= 4 is 0 Å². The molecule has 0 amide bonds. The molecular weight excluding hydrogens is 271 g/mol. The Morgan fingerprint density at radius 1 is 1.15 bits per heavy atom. The van der Waals surface area contributed by atoms with Gasteiger partial charge in [0, 0.05) is 6.42 Å². The molecule has 0 aromatic heterocycles. The zero-order valence-corrected chi connectivity index (χ0v) is 11.5. The van der Waals surface area contributed by atoms with Crippen LogP contribution in [0.4, 0.5) is 13.2 Å². The number of hydrogen-bond acceptors (Lipinski definition) is 3. The van der Waals surface area contributed by atoms with E-state index in [0.717, 1.165) is 6.92 Å². The molecule has 1 aliphatic rings. The summed E-state index contributed by atoms with van der Waals surface area (Å²) in [5.74, 6) is 0.862. The molecule has 0 fully saturated rings. The normalized spacial score (nSPS) is 18.2. The van der Waals surface area contributed by atoms with Gasteiger partial charge in [-0.05, 0) is 31.2 Å². The Bertz CT molecular complexity index is 476. The summed E-state index contributed by atoms with van der Waals surface area (Å²) < 4.78 is 51.0. The first-order valence-corrected chi connectivity index (χ1v) is 6.60. The maximum absolute atomic E-state index is 13.4. The lowest BCUT2D eigenvalue weighted by Crippen LogP contribution is -2.51. The van der Waals surface area contributed by atoms with Crippen molar-refractivity contribution in [2.75, 3.05) is 19.8 Å². The molecule has 1 N–H and O–H groups in total. The molecule has 1 aliphatic heterocycles. The van der Waals surface area contributed by atoms with E-state index in [1.165, 1.54) is 18.2 Å². The Hall–Kier alpha value is -1.43. The van der Waals surface area contributed by atoms with Crippen LogP contribution in [0.5, 0.6) is 11.5 Å². The van der Waals surface area contributed by atoms with E-state index < -0.39 is 11.7 Å². The number of alkyl halides is 3. The van der Waals surface area contributed by atoms with Crippen LogP contribution in [0.15, 0.2) is 18.2 Å². The lowest BCUT2D eigenvalue weighted by molar-refractivity contribution is -0.195. The van der Waals surface area contributed by atoms with Crippen LogP contribution in [0, 0.1) is 0 Å². The molecule has 1 atom stereocenters. The summed E-state index contributed by atoms with van der Waals surface area (Å²) in [7, 11) is 0. The van der Waals surface area contributed by atoms with Gasteiger partial charge in [0.05, 0.1) is 13.2 Å². The third-order valence-electron chi connectivity index (χ3n) is 3.42. The Morgan fingerprint density at radius 3 is 2.40 bits per heavy atom. The second kappa shape index (κ2) is 5.52. The number of nitrogens with one attached hydrogen (secondary N) is 1. The predicted molar refractivity (Wildman–Crippen MR) is 69.1 cm³/mol. The van der Waals surface area contributed by atoms with Crippen molar-refractivity contribution < 1.29 is 22.6 Å². The van der Waals surface area contributed by atoms with Crippen molar-refractivity contribution in [1.29, 1.82) is 0 Å². The molecule has 1 aromatic rings. The van der Waals surface area contributed by atoms with Crippen LogP contribution in [0.25, 0.3) is 0 Å². The third kappa shape index (κ3) is 2.70. The van der Waals surface area contributed by atoms with Crippen LogP contribution in [0.2, 0.25) is 0 Å². The van der Waals surface area contributed by atoms with Crippen LogP contribution in [-0.2, 0) is 5.54 Å². The molecular formula is C14H18F3NO2. The molecule has 0 spiro atoms. The molecule has 6 heteroatoms. The van der Waals surface area contributed by atoms with Gasteiger partial charge in [-0.1, -0.05) is 13.0 Å². The van der Waals surface area contributed by atoms with E-state index in [2.05, 4.69) is 5.32 Å². The number of fused-ring (bicyclic) bond motifs is 1. The van der Waals surface area contributed by atoms with Crippen molar-refractivity contribution in [2.24, 2.45) is 0 Å². The standard InChI is InChI=1S/C14H18F3NO2/c1-3-18-13(2,14(15,16)17)10-5-6-11-12(9-10)20-8-4-7-19-11/h5-6,9,18H,3-4,7-8H2,1-2H3. The SMILES string of the molecule is CCNC(C)(c1ccc2c(c1)OCCCO2)C(F)(F)F. The fourth-order valence-corrected chi connectivity index (χ4v) is 2.19. The van der Waals surface area contributed by atoms with E-state index in [0.29, 0.717) is 31.1 Å². The highest BCUT2D eigenvalue weighted by atomic mass is 19.4. The smallest absolute Gasteiger partial charge is 0.410 e. The molecule has 20 heavy (non-hydrogen) atoms. The van der Waals surface area contributed by atoms with Crippen molar-refractivity contribution in [3.63, 3.8) is 0 Å². The van der Waals surface area contributed by atoms with Crippen LogP contribution in [0.3, 0.4) is 0 Å². The van der Waals surface area contributed by atoms with E-state index in [9.17, 15) is 13.2 Å². The summed E-state index contributed by atoms with van der Waals surface area (Å²) in [5.41, 5.74) is -1.98. The maximum atomic E-state index is 13.4. The largest absolute Gasteiger partial charge is 0.490 e. The van der Waals surface area contributed by atoms with Crippen LogP contribution in [0.1, 0.15) is 25.8 Å². The van der Waals surface area contributed by atoms with Crippen molar-refractivity contribution in [3.05, 3.63) is 23.8 Å². The molecule has 1 heterocycles. The highest BCUT2D eigenvalue weighted by Crippen LogP contribution is 2.41. The first kappa shape index (κ1) is 15.0. The van der Waals surface area contributed by atoms with Gasteiger partial charge in [0.1, 0.15) is 5.54 Å². The number of halogens is 3. The lowest BCUT2D eigenvalue weighted by Gasteiger charge is -2.33. The number of ether oxygens (including phenoxy) is 2. The molecule has 112 valence electrons. The fraction of sp³-hybridized carbons (Fsp3) is 0.571. The summed E-state index contributed by atoms with van der Waals surface area (Å²) in [6.45, 7) is 3.95. The van der Waals surface area contributed by atoms with E-state index in [-0.39, 0.29) is 12.1 Å². The molecule has 1 unspecified atom stereocenters. The first-order chi connectivity index (χ1) is 9.38. The molecule has 0 saturated carbocycles. The van der Waals surface area contributed by atoms with E-state index in [1.807, 2.05) is 0 Å². The Kier molecular flexibility index (Phi) is 4.13. The highest BCUT2D eigenvalue weighted by Gasteiger charge is 2.52. The first-order valence-electron chi connectivity index (χ1n) is 6.60. The Morgan fingerprint density at radius 2 is 1.80 bits per heavy atom. The number of rotatable bonds is 3. The topological polar surface area (TPSA) is 30.5 Å². The molecule has 0 radical (unpaired) electrons. The number of benzene rings is 1. The zero-order chi connectivity index (χ0) is 14.8. The average Bonchev–Trinajstić information content (AvgIpc) is 2.61. The summed E-state index contributed by atoms with van der Waals surface area (Å²) >= 11 is 0. The molecule has 0 saturated heterocycles. The van der Waals surface area contributed by atoms with Gasteiger partial charge in [0.25, 0.3) is 0 Å². The van der Waals surface area contributed by atoms with Gasteiger partial charge in [-0.15, -0.1) is 0 Å². The summed E-state index contributed by atoms with van der Waals surface area (Å²) in [4.78, 5) is 0. The zero-order valence-electron chi connectivity index (χ0n) is 11.5. The van der Waals surface area contributed by atoms with E-state index in [1.54, 1.807) is 6.92 Å². The van der Waals surface area contributed by atoms with Gasteiger partial charge in [-0.25, -0.2) is 0 Å². The van der Waals surface area contributed by atoms with Crippen LogP contribution in [-0.4, -0.2) is 25.9 Å². The quantitative estimate of drug-likeness (QED) is 0.926. The third-order valence-corrected chi connectivity index (χ3v) is 3.42. The minimum Gasteiger partial charge on any atom is -0.490 e. The van der Waals surface area contributed by atoms with Gasteiger partial charge in [0.2, 0.25) is 0 Å². The monoisotopic (exact) mass is 289 g/mol. The Labute approximate surface area is 116 Å². The molecule has 3 nitrogen and oxygen atoms in total. The summed E-state index contributed by atoms with van der Waals surface area (Å²) in [6.07, 6.45) is -3.68. The Balaban J connectivity index is 2.42. The van der Waals surface area contributed by atoms with E-state index >= 15 is 0 Å². The van der Waals surface area contributed by atoms with Gasteiger partial charge >= 0.3 is 6.18 Å². The van der Waals surface area contributed by atoms with Gasteiger partial charge in [-0.2, -0.15) is 13.2 Å². The molecule has 0 bridgehead atoms. The second-order valence-corrected chi connectivity index (χ2v) is 4.87. The second-order valence-electron chi connectivity index (χ2n) is 4.87. The van der Waals surface area contributed by atoms with Gasteiger partial charge in [-0.3, -0.25) is 0 Å². The minimum atomic E-state index is -4.40. The number of hydrogen-bond donors (Lipinski definition) is 1. The van der Waals surface area contributed by atoms with Gasteiger partial charge < -0.3 is 14.8 Å². The van der Waals surface area contributed by atoms with E-state index in [4.69, 9.17) is 9.47 Å². The summed E-state index contributed by atoms with van der Waals surface area (Å²) in [5, 5.41) is 2.52. The van der Waals surface area contributed by atoms with Crippen molar-refractivity contribution in [1.82, 2.24) is 5.32 Å². The maximum Gasteiger partial charge on any atom is 0.410 e. The summed E-state index contributed by atoms with van der Waals surface area (Å²) in [6, 6.07) is 4.39.